The quantitative estimate of drug-likeness (QED) is 0.133. The summed E-state index contributed by atoms with van der Waals surface area (Å²) in [5, 5.41) is 8.01. The maximum Gasteiger partial charge on any atom is -0.0114 e. The molecule has 0 spiro atoms. The molecule has 0 atom stereocenters. The minimum Gasteiger partial charge on any atom is -1.00 e. The van der Waals surface area contributed by atoms with E-state index in [2.05, 4.69) is 182 Å². The van der Waals surface area contributed by atoms with E-state index in [1.165, 1.54) is 71.3 Å². The van der Waals surface area contributed by atoms with Crippen LogP contribution in [0.5, 0.6) is 0 Å². The third-order valence-corrected chi connectivity index (χ3v) is 8.48. The molecule has 48 heavy (non-hydrogen) atoms. The van der Waals surface area contributed by atoms with Gasteiger partial charge < -0.3 is 24.8 Å². The first-order chi connectivity index (χ1) is 21.9. The van der Waals surface area contributed by atoms with Crippen LogP contribution < -0.4 is 24.8 Å². The molecule has 0 fully saturated rings. The fraction of sp³-hybridized carbons (Fsp3) is 0.227. The van der Waals surface area contributed by atoms with Gasteiger partial charge in [-0.1, -0.05) is 132 Å². The van der Waals surface area contributed by atoms with Crippen molar-refractivity contribution in [1.82, 2.24) is 0 Å². The van der Waals surface area contributed by atoms with Gasteiger partial charge in [-0.05, 0) is 38.8 Å². The standard InChI is InChI=1S/C22H25.C20H15.C2H6Si.2ClH.Zr/c1-15(2)18-13-17-7-6-8-20(21(17)14-18)16-9-11-19(12-10-16)22(3,4)5;1-14-12-16-8-5-11-19(20(16)13-14)18-10-4-7-15-6-2-3-9-17(15)18;1-3-2;;;/h6-15H,1-5H3;2-13H,1H3;1-2H3;2*1H;/q2*-1;;;;+2/p-2. The second-order valence-electron chi connectivity index (χ2n) is 13.9. The average Bonchev–Trinajstić information content (AvgIpc) is 3.64. The molecule has 0 aliphatic heterocycles. The Morgan fingerprint density at radius 1 is 0.604 bits per heavy atom. The molecule has 0 radical (unpaired) electrons. The van der Waals surface area contributed by atoms with Gasteiger partial charge in [-0.2, -0.15) is 12.1 Å². The first kappa shape index (κ1) is 39.7. The van der Waals surface area contributed by atoms with Gasteiger partial charge in [0.1, 0.15) is 0 Å². The predicted molar refractivity (Wildman–Crippen MR) is 202 cm³/mol. The van der Waals surface area contributed by atoms with Gasteiger partial charge in [-0.25, -0.2) is 0 Å². The Labute approximate surface area is 315 Å². The molecule has 0 nitrogen and oxygen atoms in total. The molecule has 0 amide bonds. The van der Waals surface area contributed by atoms with E-state index in [1.807, 2.05) is 0 Å². The third kappa shape index (κ3) is 9.48. The fourth-order valence-corrected chi connectivity index (χ4v) is 6.07. The molecule has 7 aromatic carbocycles. The molecule has 246 valence electrons. The molecule has 0 aliphatic rings. The molecule has 0 heterocycles. The van der Waals surface area contributed by atoms with Crippen LogP contribution in [-0.2, 0) is 28.8 Å². The first-order valence-electron chi connectivity index (χ1n) is 16.4. The van der Waals surface area contributed by atoms with E-state index < -0.39 is 0 Å². The summed E-state index contributed by atoms with van der Waals surface area (Å²) in [5.74, 6) is 0.573. The Hall–Kier alpha value is -2.74. The maximum absolute atomic E-state index is 2.35. The van der Waals surface area contributed by atoms with Gasteiger partial charge in [0.15, 0.2) is 0 Å². The summed E-state index contributed by atoms with van der Waals surface area (Å²) in [6.45, 7) is 18.1. The molecule has 7 aromatic rings. The van der Waals surface area contributed by atoms with Gasteiger partial charge in [0.05, 0.1) is 0 Å². The Balaban J connectivity index is 0.000000227. The Morgan fingerprint density at radius 3 is 1.71 bits per heavy atom. The number of hydrogen-bond acceptors (Lipinski definition) is 0. The molecule has 0 saturated heterocycles. The second kappa shape index (κ2) is 17.3. The van der Waals surface area contributed by atoms with Crippen molar-refractivity contribution in [1.29, 1.82) is 0 Å². The minimum absolute atomic E-state index is 0. The number of halogens is 2. The summed E-state index contributed by atoms with van der Waals surface area (Å²) >= 11 is 1.74. The van der Waals surface area contributed by atoms with Crippen LogP contribution >= 0.6 is 0 Å². The molecule has 0 aromatic heterocycles. The summed E-state index contributed by atoms with van der Waals surface area (Å²) in [7, 11) is 0. The van der Waals surface area contributed by atoms with E-state index in [1.54, 1.807) is 23.3 Å². The smallest absolute Gasteiger partial charge is 0.0114 e. The van der Waals surface area contributed by atoms with E-state index >= 15 is 0 Å². The molecule has 0 N–H and O–H groups in total. The Kier molecular flexibility index (Phi) is 14.3. The second-order valence-corrected chi connectivity index (χ2v) is 23.3. The molecular weight excluding hydrogens is 719 g/mol. The van der Waals surface area contributed by atoms with Gasteiger partial charge in [0.2, 0.25) is 0 Å². The van der Waals surface area contributed by atoms with Crippen LogP contribution in [-0.4, -0.2) is 5.43 Å². The van der Waals surface area contributed by atoms with Crippen LogP contribution in [0.25, 0.3) is 54.6 Å². The van der Waals surface area contributed by atoms with E-state index in [0.717, 1.165) is 0 Å². The van der Waals surface area contributed by atoms with Crippen molar-refractivity contribution in [2.45, 2.75) is 66.0 Å². The van der Waals surface area contributed by atoms with Crippen molar-refractivity contribution in [3.63, 3.8) is 0 Å². The zero-order chi connectivity index (χ0) is 33.0. The van der Waals surface area contributed by atoms with Crippen LogP contribution in [0.2, 0.25) is 13.1 Å². The number of benzene rings is 5. The van der Waals surface area contributed by atoms with Crippen LogP contribution in [0, 0.1) is 6.92 Å². The molecular formula is C44H46Cl2SiZr-2. The van der Waals surface area contributed by atoms with Gasteiger partial charge in [0.25, 0.3) is 0 Å². The van der Waals surface area contributed by atoms with Crippen molar-refractivity contribution in [3.8, 4) is 22.3 Å². The zero-order valence-electron chi connectivity index (χ0n) is 29.5. The molecule has 0 aliphatic carbocycles. The van der Waals surface area contributed by atoms with Gasteiger partial charge in [-0.15, -0.1) is 69.1 Å². The third-order valence-electron chi connectivity index (χ3n) is 8.48. The number of fused-ring (bicyclic) bond motifs is 3. The van der Waals surface area contributed by atoms with Crippen molar-refractivity contribution >= 4 is 37.8 Å². The number of hydrogen-bond donors (Lipinski definition) is 0. The summed E-state index contributed by atoms with van der Waals surface area (Å²) in [4.78, 5) is 0. The van der Waals surface area contributed by atoms with Gasteiger partial charge in [-0.3, -0.25) is 0 Å². The van der Waals surface area contributed by atoms with Crippen LogP contribution in [0.15, 0.2) is 127 Å². The average molecular weight is 765 g/mol. The largest absolute Gasteiger partial charge is 1.00 e. The predicted octanol–water partition coefficient (Wildman–Crippen LogP) is 7.13. The Morgan fingerprint density at radius 2 is 1.10 bits per heavy atom. The summed E-state index contributed by atoms with van der Waals surface area (Å²) in [5.41, 5.74) is 9.84. The van der Waals surface area contributed by atoms with E-state index in [-0.39, 0.29) is 35.7 Å². The van der Waals surface area contributed by atoms with Crippen LogP contribution in [0.4, 0.5) is 0 Å². The number of rotatable bonds is 3. The first-order valence-corrected chi connectivity index (χ1v) is 22.6. The van der Waals surface area contributed by atoms with Crippen molar-refractivity contribution in [2.75, 3.05) is 0 Å². The zero-order valence-corrected chi connectivity index (χ0v) is 34.4. The van der Waals surface area contributed by atoms with Gasteiger partial charge in [0, 0.05) is 0 Å². The van der Waals surface area contributed by atoms with E-state index in [4.69, 9.17) is 0 Å². The van der Waals surface area contributed by atoms with Gasteiger partial charge >= 0.3 is 41.9 Å². The van der Waals surface area contributed by atoms with Crippen molar-refractivity contribution < 1.29 is 48.1 Å². The molecule has 7 rings (SSSR count). The van der Waals surface area contributed by atoms with E-state index in [9.17, 15) is 0 Å². The minimum atomic E-state index is 0. The monoisotopic (exact) mass is 762 g/mol. The maximum atomic E-state index is 2.35. The topological polar surface area (TPSA) is 0 Å². The van der Waals surface area contributed by atoms with Crippen molar-refractivity contribution in [3.05, 3.63) is 144 Å². The normalized spacial score (nSPS) is 10.9. The fourth-order valence-electron chi connectivity index (χ4n) is 6.07. The molecule has 4 heteroatoms. The SMILES string of the molecule is CC(C)c1cc2c(-c3ccc(C(C)(C)C)cc3)cccc2[cH-]1.C[Si](C)=[Zr+2].Cc1cc2c(-c3cccc4ccccc34)cccc2[cH-]1.[Cl-].[Cl-]. The molecule has 0 saturated carbocycles. The summed E-state index contributed by atoms with van der Waals surface area (Å²) in [6.07, 6.45) is 0. The van der Waals surface area contributed by atoms with E-state index in [0.29, 0.717) is 5.92 Å². The van der Waals surface area contributed by atoms with Crippen LogP contribution in [0.3, 0.4) is 0 Å². The molecule has 0 unspecified atom stereocenters. The summed E-state index contributed by atoms with van der Waals surface area (Å²) < 4.78 is 0. The molecule has 0 bridgehead atoms. The van der Waals surface area contributed by atoms with Crippen molar-refractivity contribution in [2.24, 2.45) is 0 Å². The Bertz CT molecular complexity index is 2100. The number of aryl methyl sites for hydroxylation is 1. The van der Waals surface area contributed by atoms with Crippen LogP contribution in [0.1, 0.15) is 57.2 Å². The summed E-state index contributed by atoms with van der Waals surface area (Å²) in [6, 6.07) is 46.6.